The molecule has 0 radical (unpaired) electrons. The molecule has 2 aromatic carbocycles. The van der Waals surface area contributed by atoms with Crippen molar-refractivity contribution in [2.24, 2.45) is 0 Å². The molecule has 0 fully saturated rings. The number of benzene rings is 2. The topological polar surface area (TPSA) is 54.1 Å². The Morgan fingerprint density at radius 2 is 1.89 bits per heavy atom. The number of ether oxygens (including phenoxy) is 1. The van der Waals surface area contributed by atoms with Gasteiger partial charge in [-0.2, -0.15) is 0 Å². The number of rotatable bonds is 7. The van der Waals surface area contributed by atoms with Crippen LogP contribution in [0.5, 0.6) is 0 Å². The molecule has 1 aromatic heterocycles. The predicted octanol–water partition coefficient (Wildman–Crippen LogP) is 4.42. The third kappa shape index (κ3) is 5.46. The zero-order chi connectivity index (χ0) is 18.4. The van der Waals surface area contributed by atoms with Crippen LogP contribution in [0.3, 0.4) is 0 Å². The average Bonchev–Trinajstić information content (AvgIpc) is 2.99. The van der Waals surface area contributed by atoms with E-state index >= 15 is 0 Å². The van der Waals surface area contributed by atoms with Gasteiger partial charge in [-0.15, -0.1) is 12.4 Å². The van der Waals surface area contributed by atoms with Gasteiger partial charge in [-0.05, 0) is 48.7 Å². The lowest BCUT2D eigenvalue weighted by Crippen LogP contribution is -2.16. The van der Waals surface area contributed by atoms with E-state index in [1.165, 1.54) is 40.9 Å². The van der Waals surface area contributed by atoms with Gasteiger partial charge in [-0.3, -0.25) is 0 Å². The number of hydrogen-bond donors (Lipinski definition) is 2. The smallest absolute Gasteiger partial charge is 0.330 e. The molecule has 0 saturated carbocycles. The van der Waals surface area contributed by atoms with Crippen molar-refractivity contribution in [1.29, 1.82) is 0 Å². The largest absolute Gasteiger partial charge is 0.466 e. The number of aromatic amines is 1. The van der Waals surface area contributed by atoms with Crippen LogP contribution in [0.4, 0.5) is 0 Å². The van der Waals surface area contributed by atoms with Gasteiger partial charge < -0.3 is 15.0 Å². The maximum atomic E-state index is 11.1. The SMILES string of the molecule is COC(=O)/C=C/c1ccc(CNCCc2c(C)[nH]c3ccccc23)cc1.Cl. The first-order valence-electron chi connectivity index (χ1n) is 8.79. The number of halogens is 1. The Balaban J connectivity index is 0.00000261. The van der Waals surface area contributed by atoms with Crippen molar-refractivity contribution < 1.29 is 9.53 Å². The number of aryl methyl sites for hydroxylation is 1. The fourth-order valence-electron chi connectivity index (χ4n) is 3.08. The summed E-state index contributed by atoms with van der Waals surface area (Å²) in [6, 6.07) is 16.6. The summed E-state index contributed by atoms with van der Waals surface area (Å²) in [5, 5.41) is 4.82. The summed E-state index contributed by atoms with van der Waals surface area (Å²) in [7, 11) is 1.37. The van der Waals surface area contributed by atoms with Crippen LogP contribution in [-0.4, -0.2) is 24.6 Å². The highest BCUT2D eigenvalue weighted by molar-refractivity contribution is 5.87. The molecule has 0 saturated heterocycles. The highest BCUT2D eigenvalue weighted by Gasteiger charge is 2.07. The molecule has 0 aliphatic heterocycles. The van der Waals surface area contributed by atoms with Crippen LogP contribution in [0.25, 0.3) is 17.0 Å². The van der Waals surface area contributed by atoms with E-state index in [0.29, 0.717) is 0 Å². The maximum absolute atomic E-state index is 11.1. The van der Waals surface area contributed by atoms with Crippen LogP contribution in [0.15, 0.2) is 54.6 Å². The van der Waals surface area contributed by atoms with Gasteiger partial charge in [0.05, 0.1) is 7.11 Å². The number of methoxy groups -OCH3 is 1. The van der Waals surface area contributed by atoms with Crippen molar-refractivity contribution in [2.45, 2.75) is 19.9 Å². The van der Waals surface area contributed by atoms with E-state index in [-0.39, 0.29) is 18.4 Å². The monoisotopic (exact) mass is 384 g/mol. The summed E-state index contributed by atoms with van der Waals surface area (Å²) in [4.78, 5) is 14.6. The molecule has 0 unspecified atom stereocenters. The molecular formula is C22H25ClN2O2. The number of H-pyrrole nitrogens is 1. The maximum Gasteiger partial charge on any atom is 0.330 e. The Bertz CT molecular complexity index is 914. The summed E-state index contributed by atoms with van der Waals surface area (Å²) in [5.74, 6) is -0.344. The van der Waals surface area contributed by atoms with E-state index < -0.39 is 0 Å². The number of esters is 1. The molecule has 0 amide bonds. The van der Waals surface area contributed by atoms with Crippen LogP contribution in [0, 0.1) is 6.92 Å². The first-order chi connectivity index (χ1) is 12.7. The molecule has 27 heavy (non-hydrogen) atoms. The van der Waals surface area contributed by atoms with Crippen molar-refractivity contribution in [2.75, 3.05) is 13.7 Å². The molecule has 0 aliphatic rings. The third-order valence-corrected chi connectivity index (χ3v) is 4.50. The van der Waals surface area contributed by atoms with E-state index in [1.807, 2.05) is 12.1 Å². The van der Waals surface area contributed by atoms with Crippen LogP contribution in [0.1, 0.15) is 22.4 Å². The van der Waals surface area contributed by atoms with Gasteiger partial charge in [0, 0.05) is 29.2 Å². The van der Waals surface area contributed by atoms with Gasteiger partial charge in [0.1, 0.15) is 0 Å². The van der Waals surface area contributed by atoms with Gasteiger partial charge in [-0.1, -0.05) is 42.5 Å². The third-order valence-electron chi connectivity index (χ3n) is 4.50. The summed E-state index contributed by atoms with van der Waals surface area (Å²) in [6.45, 7) is 3.88. The predicted molar refractivity (Wildman–Crippen MR) is 113 cm³/mol. The van der Waals surface area contributed by atoms with Crippen molar-refractivity contribution in [3.05, 3.63) is 77.0 Å². The number of hydrogen-bond acceptors (Lipinski definition) is 3. The Kier molecular flexibility index (Phi) is 7.65. The highest BCUT2D eigenvalue weighted by atomic mass is 35.5. The van der Waals surface area contributed by atoms with Crippen molar-refractivity contribution in [1.82, 2.24) is 10.3 Å². The fraction of sp³-hybridized carbons (Fsp3) is 0.227. The highest BCUT2D eigenvalue weighted by Crippen LogP contribution is 2.21. The van der Waals surface area contributed by atoms with Crippen molar-refractivity contribution >= 4 is 35.4 Å². The fourth-order valence-corrected chi connectivity index (χ4v) is 3.08. The summed E-state index contributed by atoms with van der Waals surface area (Å²) >= 11 is 0. The zero-order valence-corrected chi connectivity index (χ0v) is 16.4. The summed E-state index contributed by atoms with van der Waals surface area (Å²) < 4.78 is 4.59. The van der Waals surface area contributed by atoms with Gasteiger partial charge >= 0.3 is 5.97 Å². The lowest BCUT2D eigenvalue weighted by molar-refractivity contribution is -0.134. The first kappa shape index (κ1) is 20.7. The Labute approximate surface area is 166 Å². The Hall–Kier alpha value is -2.56. The summed E-state index contributed by atoms with van der Waals surface area (Å²) in [6.07, 6.45) is 4.18. The van der Waals surface area contributed by atoms with Crippen molar-refractivity contribution in [3.8, 4) is 0 Å². The molecule has 5 heteroatoms. The molecule has 2 N–H and O–H groups in total. The van der Waals surface area contributed by atoms with E-state index in [4.69, 9.17) is 0 Å². The van der Waals surface area contributed by atoms with Gasteiger partial charge in [0.15, 0.2) is 0 Å². The van der Waals surface area contributed by atoms with Crippen LogP contribution in [0.2, 0.25) is 0 Å². The molecule has 0 aliphatic carbocycles. The Morgan fingerprint density at radius 1 is 1.15 bits per heavy atom. The normalized spacial score (nSPS) is 10.9. The second kappa shape index (κ2) is 9.95. The number of carbonyl (C=O) groups excluding carboxylic acids is 1. The number of para-hydroxylation sites is 1. The minimum atomic E-state index is -0.344. The van der Waals surface area contributed by atoms with Crippen LogP contribution >= 0.6 is 12.4 Å². The average molecular weight is 385 g/mol. The van der Waals surface area contributed by atoms with Crippen LogP contribution in [-0.2, 0) is 22.5 Å². The van der Waals surface area contributed by atoms with Gasteiger partial charge in [0.2, 0.25) is 0 Å². The number of fused-ring (bicyclic) bond motifs is 1. The van der Waals surface area contributed by atoms with Gasteiger partial charge in [-0.25, -0.2) is 4.79 Å². The first-order valence-corrected chi connectivity index (χ1v) is 8.79. The molecule has 0 bridgehead atoms. The van der Waals surface area contributed by atoms with E-state index in [9.17, 15) is 4.79 Å². The molecule has 0 spiro atoms. The minimum Gasteiger partial charge on any atom is -0.466 e. The number of aromatic nitrogens is 1. The second-order valence-electron chi connectivity index (χ2n) is 6.30. The van der Waals surface area contributed by atoms with E-state index in [0.717, 1.165) is 25.1 Å². The van der Waals surface area contributed by atoms with Crippen molar-refractivity contribution in [3.63, 3.8) is 0 Å². The molecule has 142 valence electrons. The quantitative estimate of drug-likeness (QED) is 0.360. The Morgan fingerprint density at radius 3 is 2.63 bits per heavy atom. The molecule has 3 aromatic rings. The zero-order valence-electron chi connectivity index (χ0n) is 15.6. The lowest BCUT2D eigenvalue weighted by atomic mass is 10.1. The number of nitrogens with one attached hydrogen (secondary N) is 2. The molecule has 4 nitrogen and oxygen atoms in total. The molecular weight excluding hydrogens is 360 g/mol. The molecule has 1 heterocycles. The van der Waals surface area contributed by atoms with E-state index in [1.54, 1.807) is 6.08 Å². The second-order valence-corrected chi connectivity index (χ2v) is 6.30. The van der Waals surface area contributed by atoms with Gasteiger partial charge in [0.25, 0.3) is 0 Å². The summed E-state index contributed by atoms with van der Waals surface area (Å²) in [5.41, 5.74) is 6.03. The molecule has 3 rings (SSSR count). The number of carbonyl (C=O) groups is 1. The standard InChI is InChI=1S/C22H24N2O2.ClH/c1-16-19(20-5-3-4-6-21(20)24-16)13-14-23-15-18-9-7-17(8-10-18)11-12-22(25)26-2;/h3-12,23-24H,13-15H2,1-2H3;1H/b12-11+;. The van der Waals surface area contributed by atoms with Crippen LogP contribution < -0.4 is 5.32 Å². The minimum absolute atomic E-state index is 0. The molecule has 0 atom stereocenters. The van der Waals surface area contributed by atoms with E-state index in [2.05, 4.69) is 58.4 Å². The lowest BCUT2D eigenvalue weighted by Gasteiger charge is -2.06.